The van der Waals surface area contributed by atoms with Crippen LogP contribution >= 0.6 is 11.6 Å². The van der Waals surface area contributed by atoms with E-state index in [-0.39, 0.29) is 28.9 Å². The Labute approximate surface area is 105 Å². The Bertz CT molecular complexity index is 390. The number of nitrogens with zero attached hydrogens (tertiary/aromatic N) is 2. The van der Waals surface area contributed by atoms with Gasteiger partial charge in [0.15, 0.2) is 10.8 Å². The molecule has 1 aliphatic rings. The normalized spacial score (nSPS) is 22.9. The molecule has 1 aliphatic carbocycles. The molecule has 0 bridgehead atoms. The maximum Gasteiger partial charge on any atom is 0.272 e. The molecule has 0 unspecified atom stereocenters. The molecule has 1 heterocycles. The first-order valence-corrected chi connectivity index (χ1v) is 5.98. The average Bonchev–Trinajstić information content (AvgIpc) is 2.27. The Morgan fingerprint density at radius 2 is 2.29 bits per heavy atom. The average molecular weight is 256 g/mol. The van der Waals surface area contributed by atoms with E-state index in [2.05, 4.69) is 15.5 Å². The molecule has 0 radical (unpaired) electrons. The van der Waals surface area contributed by atoms with Gasteiger partial charge in [0.2, 0.25) is 0 Å². The fraction of sp³-hybridized carbons (Fsp3) is 0.545. The molecule has 1 aromatic heterocycles. The van der Waals surface area contributed by atoms with Crippen LogP contribution in [0.2, 0.25) is 5.15 Å². The zero-order valence-electron chi connectivity index (χ0n) is 9.52. The van der Waals surface area contributed by atoms with Crippen molar-refractivity contribution in [3.8, 4) is 0 Å². The second-order valence-corrected chi connectivity index (χ2v) is 4.35. The Kier molecular flexibility index (Phi) is 3.91. The fourth-order valence-electron chi connectivity index (χ4n) is 1.75. The van der Waals surface area contributed by atoms with Gasteiger partial charge in [-0.05, 0) is 31.9 Å². The molecule has 6 heteroatoms. The van der Waals surface area contributed by atoms with Crippen LogP contribution in [0.1, 0.15) is 30.3 Å². The molecule has 1 saturated carbocycles. The van der Waals surface area contributed by atoms with Gasteiger partial charge in [-0.15, -0.1) is 10.2 Å². The van der Waals surface area contributed by atoms with Crippen LogP contribution in [0.15, 0.2) is 12.1 Å². The second-order valence-electron chi connectivity index (χ2n) is 3.96. The highest BCUT2D eigenvalue weighted by atomic mass is 35.5. The van der Waals surface area contributed by atoms with Gasteiger partial charge in [0.25, 0.3) is 5.91 Å². The molecule has 92 valence electrons. The minimum atomic E-state index is -0.214. The number of carbonyl (C=O) groups is 1. The third-order valence-electron chi connectivity index (χ3n) is 2.70. The van der Waals surface area contributed by atoms with Crippen molar-refractivity contribution < 1.29 is 9.53 Å². The minimum absolute atomic E-state index is 0.177. The molecule has 0 aliphatic heterocycles. The highest BCUT2D eigenvalue weighted by Gasteiger charge is 2.31. The van der Waals surface area contributed by atoms with E-state index in [9.17, 15) is 4.79 Å². The van der Waals surface area contributed by atoms with Crippen LogP contribution in [-0.4, -0.2) is 34.9 Å². The highest BCUT2D eigenvalue weighted by Crippen LogP contribution is 2.23. The number of carbonyl (C=O) groups excluding carboxylic acids is 1. The number of hydrogen-bond acceptors (Lipinski definition) is 4. The smallest absolute Gasteiger partial charge is 0.272 e. The molecule has 0 aromatic carbocycles. The SMILES string of the molecule is CCOC1CC(NC(=O)c2ccc(Cl)nn2)C1. The van der Waals surface area contributed by atoms with Crippen molar-refractivity contribution in [3.05, 3.63) is 23.0 Å². The fourth-order valence-corrected chi connectivity index (χ4v) is 1.85. The largest absolute Gasteiger partial charge is 0.378 e. The van der Waals surface area contributed by atoms with Gasteiger partial charge in [-0.1, -0.05) is 11.6 Å². The molecule has 1 aromatic rings. The van der Waals surface area contributed by atoms with Crippen LogP contribution in [0, 0.1) is 0 Å². The Morgan fingerprint density at radius 1 is 1.53 bits per heavy atom. The van der Waals surface area contributed by atoms with E-state index < -0.39 is 0 Å². The number of rotatable bonds is 4. The van der Waals surface area contributed by atoms with Crippen LogP contribution in [0.4, 0.5) is 0 Å². The summed E-state index contributed by atoms with van der Waals surface area (Å²) in [7, 11) is 0. The lowest BCUT2D eigenvalue weighted by Crippen LogP contribution is -2.48. The van der Waals surface area contributed by atoms with Crippen molar-refractivity contribution in [2.45, 2.75) is 31.9 Å². The van der Waals surface area contributed by atoms with Gasteiger partial charge in [-0.25, -0.2) is 0 Å². The lowest BCUT2D eigenvalue weighted by molar-refractivity contribution is -0.00867. The van der Waals surface area contributed by atoms with Crippen molar-refractivity contribution in [2.75, 3.05) is 6.61 Å². The molecule has 0 atom stereocenters. The maximum atomic E-state index is 11.7. The zero-order valence-corrected chi connectivity index (χ0v) is 10.3. The summed E-state index contributed by atoms with van der Waals surface area (Å²) in [6.45, 7) is 2.68. The molecule has 0 saturated heterocycles. The van der Waals surface area contributed by atoms with Crippen LogP contribution < -0.4 is 5.32 Å². The van der Waals surface area contributed by atoms with Gasteiger partial charge >= 0.3 is 0 Å². The van der Waals surface area contributed by atoms with E-state index in [1.54, 1.807) is 12.1 Å². The molecular weight excluding hydrogens is 242 g/mol. The lowest BCUT2D eigenvalue weighted by Gasteiger charge is -2.35. The molecule has 1 fully saturated rings. The van der Waals surface area contributed by atoms with Gasteiger partial charge < -0.3 is 10.1 Å². The van der Waals surface area contributed by atoms with Crippen molar-refractivity contribution in [3.63, 3.8) is 0 Å². The van der Waals surface area contributed by atoms with Crippen molar-refractivity contribution >= 4 is 17.5 Å². The predicted octanol–water partition coefficient (Wildman–Crippen LogP) is 1.43. The number of nitrogens with one attached hydrogen (secondary N) is 1. The summed E-state index contributed by atoms with van der Waals surface area (Å²) >= 11 is 5.59. The van der Waals surface area contributed by atoms with Gasteiger partial charge in [0, 0.05) is 12.6 Å². The van der Waals surface area contributed by atoms with E-state index in [1.165, 1.54) is 0 Å². The molecule has 1 amide bonds. The predicted molar refractivity (Wildman–Crippen MR) is 62.9 cm³/mol. The Balaban J connectivity index is 1.81. The summed E-state index contributed by atoms with van der Waals surface area (Å²) in [5, 5.41) is 10.5. The lowest BCUT2D eigenvalue weighted by atomic mass is 9.89. The molecule has 1 N–H and O–H groups in total. The highest BCUT2D eigenvalue weighted by molar-refractivity contribution is 6.29. The summed E-state index contributed by atoms with van der Waals surface area (Å²) < 4.78 is 5.41. The minimum Gasteiger partial charge on any atom is -0.378 e. The first-order chi connectivity index (χ1) is 8.19. The number of halogens is 1. The second kappa shape index (κ2) is 5.42. The van der Waals surface area contributed by atoms with Gasteiger partial charge in [-0.2, -0.15) is 0 Å². The summed E-state index contributed by atoms with van der Waals surface area (Å²) in [4.78, 5) is 11.7. The van der Waals surface area contributed by atoms with E-state index in [4.69, 9.17) is 16.3 Å². The summed E-state index contributed by atoms with van der Waals surface area (Å²) in [5.41, 5.74) is 0.286. The Morgan fingerprint density at radius 3 is 2.88 bits per heavy atom. The van der Waals surface area contributed by atoms with Crippen molar-refractivity contribution in [1.29, 1.82) is 0 Å². The van der Waals surface area contributed by atoms with Crippen LogP contribution in [0.25, 0.3) is 0 Å². The molecular formula is C11H14ClN3O2. The standard InChI is InChI=1S/C11H14ClN3O2/c1-2-17-8-5-7(6-8)13-11(16)9-3-4-10(12)15-14-9/h3-4,7-8H,2,5-6H2,1H3,(H,13,16). The summed E-state index contributed by atoms with van der Waals surface area (Å²) in [6.07, 6.45) is 2.00. The van der Waals surface area contributed by atoms with Crippen LogP contribution in [0.5, 0.6) is 0 Å². The van der Waals surface area contributed by atoms with E-state index >= 15 is 0 Å². The molecule has 5 nitrogen and oxygen atoms in total. The van der Waals surface area contributed by atoms with Crippen LogP contribution in [0.3, 0.4) is 0 Å². The molecule has 17 heavy (non-hydrogen) atoms. The third kappa shape index (κ3) is 3.14. The zero-order chi connectivity index (χ0) is 12.3. The van der Waals surface area contributed by atoms with E-state index in [0.29, 0.717) is 6.61 Å². The van der Waals surface area contributed by atoms with Gasteiger partial charge in [0.05, 0.1) is 6.10 Å². The number of ether oxygens (including phenoxy) is 1. The van der Waals surface area contributed by atoms with E-state index in [1.807, 2.05) is 6.92 Å². The maximum absolute atomic E-state index is 11.7. The van der Waals surface area contributed by atoms with E-state index in [0.717, 1.165) is 12.8 Å². The van der Waals surface area contributed by atoms with Crippen LogP contribution in [-0.2, 0) is 4.74 Å². The van der Waals surface area contributed by atoms with Crippen molar-refractivity contribution in [2.24, 2.45) is 0 Å². The Hall–Kier alpha value is -1.20. The summed E-state index contributed by atoms with van der Waals surface area (Å²) in [6, 6.07) is 3.29. The first kappa shape index (κ1) is 12.3. The monoisotopic (exact) mass is 255 g/mol. The first-order valence-electron chi connectivity index (χ1n) is 5.60. The number of aromatic nitrogens is 2. The number of hydrogen-bond donors (Lipinski definition) is 1. The topological polar surface area (TPSA) is 64.1 Å². The molecule has 0 spiro atoms. The number of amides is 1. The summed E-state index contributed by atoms with van der Waals surface area (Å²) in [5.74, 6) is -0.214. The van der Waals surface area contributed by atoms with Gasteiger partial charge in [-0.3, -0.25) is 4.79 Å². The van der Waals surface area contributed by atoms with Crippen molar-refractivity contribution in [1.82, 2.24) is 15.5 Å². The quantitative estimate of drug-likeness (QED) is 0.884. The third-order valence-corrected chi connectivity index (χ3v) is 2.90. The van der Waals surface area contributed by atoms with Gasteiger partial charge in [0.1, 0.15) is 0 Å². The molecule has 2 rings (SSSR count).